The van der Waals surface area contributed by atoms with Gasteiger partial charge in [-0.2, -0.15) is 18.2 Å². The maximum absolute atomic E-state index is 13.3. The van der Waals surface area contributed by atoms with Crippen molar-refractivity contribution in [3.05, 3.63) is 54.5 Å². The lowest BCUT2D eigenvalue weighted by atomic mass is 10.1. The fourth-order valence-electron chi connectivity index (χ4n) is 3.59. The monoisotopic (exact) mass is 468 g/mol. The summed E-state index contributed by atoms with van der Waals surface area (Å²) in [5.74, 6) is 0.982. The van der Waals surface area contributed by atoms with E-state index in [4.69, 9.17) is 10.5 Å². The molecule has 0 unspecified atom stereocenters. The lowest BCUT2D eigenvalue weighted by Gasteiger charge is -2.27. The number of nitrogens with two attached hydrogens (primary N) is 1. The Labute approximate surface area is 191 Å². The van der Waals surface area contributed by atoms with Gasteiger partial charge in [0.2, 0.25) is 11.9 Å². The molecule has 1 fully saturated rings. The van der Waals surface area contributed by atoms with Gasteiger partial charge in [-0.1, -0.05) is 0 Å². The average molecular weight is 468 g/mol. The van der Waals surface area contributed by atoms with Crippen LogP contribution in [0.1, 0.15) is 5.56 Å². The molecule has 174 valence electrons. The maximum Gasteiger partial charge on any atom is 0.416 e. The van der Waals surface area contributed by atoms with Crippen molar-refractivity contribution in [1.82, 2.24) is 24.9 Å². The summed E-state index contributed by atoms with van der Waals surface area (Å²) >= 11 is 0. The van der Waals surface area contributed by atoms with Crippen molar-refractivity contribution in [2.45, 2.75) is 6.18 Å². The van der Waals surface area contributed by atoms with Crippen molar-refractivity contribution in [2.24, 2.45) is 0 Å². The number of anilines is 4. The Balaban J connectivity index is 1.58. The van der Waals surface area contributed by atoms with Crippen LogP contribution in [0.5, 0.6) is 0 Å². The van der Waals surface area contributed by atoms with Crippen LogP contribution in [0, 0.1) is 0 Å². The third kappa shape index (κ3) is 4.53. The topological polar surface area (TPSA) is 115 Å². The lowest BCUT2D eigenvalue weighted by Crippen LogP contribution is -2.37. The molecule has 4 heterocycles. The Morgan fingerprint density at radius 3 is 2.47 bits per heavy atom. The third-order valence-corrected chi connectivity index (χ3v) is 5.31. The fourth-order valence-corrected chi connectivity index (χ4v) is 3.59. The second-order valence-electron chi connectivity index (χ2n) is 7.58. The van der Waals surface area contributed by atoms with Crippen LogP contribution in [0.3, 0.4) is 0 Å². The molecule has 3 N–H and O–H groups in total. The second kappa shape index (κ2) is 8.71. The van der Waals surface area contributed by atoms with Gasteiger partial charge in [0, 0.05) is 48.7 Å². The van der Waals surface area contributed by atoms with Gasteiger partial charge in [0.1, 0.15) is 5.82 Å². The first-order valence-electron chi connectivity index (χ1n) is 10.4. The van der Waals surface area contributed by atoms with Gasteiger partial charge in [-0.3, -0.25) is 4.98 Å². The minimum absolute atomic E-state index is 0.133. The van der Waals surface area contributed by atoms with Crippen LogP contribution in [0.25, 0.3) is 22.2 Å². The molecule has 1 aliphatic rings. The van der Waals surface area contributed by atoms with E-state index in [0.717, 1.165) is 12.1 Å². The number of fused-ring (bicyclic) bond motifs is 1. The minimum atomic E-state index is -4.47. The number of morpholine rings is 1. The summed E-state index contributed by atoms with van der Waals surface area (Å²) in [6, 6.07) is 6.71. The van der Waals surface area contributed by atoms with Crippen LogP contribution in [-0.4, -0.2) is 51.2 Å². The van der Waals surface area contributed by atoms with Crippen molar-refractivity contribution in [2.75, 3.05) is 42.3 Å². The molecular weight excluding hydrogens is 449 g/mol. The number of hydrogen-bond donors (Lipinski definition) is 2. The van der Waals surface area contributed by atoms with E-state index in [9.17, 15) is 13.2 Å². The van der Waals surface area contributed by atoms with Gasteiger partial charge in [0.25, 0.3) is 0 Å². The standard InChI is InChI=1S/C22H19F3N8O/c23-22(24,25)14-1-2-16-15(9-14)17(3-4-27-16)30-19-10-18(13-11-28-20(26)29-12-13)31-21(32-19)33-5-7-34-8-6-33/h1-4,9-12H,5-8H2,(H2,26,28,29)(H,27,30,31,32). The number of alkyl halides is 3. The largest absolute Gasteiger partial charge is 0.416 e. The molecule has 1 aromatic carbocycles. The predicted octanol–water partition coefficient (Wildman–Crippen LogP) is 3.66. The Kier molecular flexibility index (Phi) is 5.57. The molecular formula is C22H19F3N8O. The van der Waals surface area contributed by atoms with Crippen molar-refractivity contribution in [1.29, 1.82) is 0 Å². The van der Waals surface area contributed by atoms with E-state index in [1.807, 2.05) is 4.90 Å². The molecule has 0 saturated carbocycles. The number of hydrogen-bond acceptors (Lipinski definition) is 9. The van der Waals surface area contributed by atoms with Crippen LogP contribution in [-0.2, 0) is 10.9 Å². The summed E-state index contributed by atoms with van der Waals surface area (Å²) in [6.07, 6.45) is 0.155. The van der Waals surface area contributed by atoms with E-state index in [0.29, 0.717) is 65.9 Å². The van der Waals surface area contributed by atoms with Gasteiger partial charge < -0.3 is 20.7 Å². The highest BCUT2D eigenvalue weighted by molar-refractivity contribution is 5.93. The van der Waals surface area contributed by atoms with Crippen LogP contribution in [0.15, 0.2) is 48.9 Å². The summed E-state index contributed by atoms with van der Waals surface area (Å²) in [5, 5.41) is 3.47. The van der Waals surface area contributed by atoms with E-state index in [2.05, 4.69) is 30.2 Å². The van der Waals surface area contributed by atoms with Crippen molar-refractivity contribution in [3.8, 4) is 11.3 Å². The summed E-state index contributed by atoms with van der Waals surface area (Å²) < 4.78 is 45.3. The second-order valence-corrected chi connectivity index (χ2v) is 7.58. The number of nitrogens with one attached hydrogen (secondary N) is 1. The molecule has 1 saturated heterocycles. The van der Waals surface area contributed by atoms with E-state index < -0.39 is 11.7 Å². The molecule has 1 aliphatic heterocycles. The normalized spacial score (nSPS) is 14.4. The number of halogens is 3. The number of pyridine rings is 1. The Hall–Kier alpha value is -4.06. The van der Waals surface area contributed by atoms with Crippen LogP contribution in [0.4, 0.5) is 36.6 Å². The fraction of sp³-hybridized carbons (Fsp3) is 0.227. The van der Waals surface area contributed by atoms with Gasteiger partial charge in [-0.05, 0) is 24.3 Å². The first-order valence-corrected chi connectivity index (χ1v) is 10.4. The summed E-state index contributed by atoms with van der Waals surface area (Å²) in [6.45, 7) is 2.29. The lowest BCUT2D eigenvalue weighted by molar-refractivity contribution is -0.137. The summed E-state index contributed by atoms with van der Waals surface area (Å²) in [7, 11) is 0. The zero-order chi connectivity index (χ0) is 23.7. The molecule has 3 aromatic heterocycles. The van der Waals surface area contributed by atoms with E-state index in [-0.39, 0.29) is 5.95 Å². The molecule has 12 heteroatoms. The van der Waals surface area contributed by atoms with Crippen LogP contribution >= 0.6 is 0 Å². The Morgan fingerprint density at radius 2 is 1.74 bits per heavy atom. The molecule has 34 heavy (non-hydrogen) atoms. The number of rotatable bonds is 4. The van der Waals surface area contributed by atoms with Gasteiger partial charge >= 0.3 is 6.18 Å². The van der Waals surface area contributed by atoms with Crippen molar-refractivity contribution in [3.63, 3.8) is 0 Å². The SMILES string of the molecule is Nc1ncc(-c2cc(Nc3ccnc4ccc(C(F)(F)F)cc34)nc(N3CCOCC3)n2)cn1. The number of aromatic nitrogens is 5. The minimum Gasteiger partial charge on any atom is -0.378 e. The van der Waals surface area contributed by atoms with Crippen molar-refractivity contribution < 1.29 is 17.9 Å². The molecule has 0 amide bonds. The van der Waals surface area contributed by atoms with E-state index >= 15 is 0 Å². The van der Waals surface area contributed by atoms with E-state index in [1.165, 1.54) is 12.3 Å². The molecule has 9 nitrogen and oxygen atoms in total. The number of ether oxygens (including phenoxy) is 1. The molecule has 0 spiro atoms. The van der Waals surface area contributed by atoms with Gasteiger partial charge in [0.05, 0.1) is 35.7 Å². The van der Waals surface area contributed by atoms with E-state index in [1.54, 1.807) is 24.5 Å². The van der Waals surface area contributed by atoms with Gasteiger partial charge in [0.15, 0.2) is 0 Å². The molecule has 0 atom stereocenters. The van der Waals surface area contributed by atoms with Gasteiger partial charge in [-0.25, -0.2) is 15.0 Å². The first kappa shape index (κ1) is 21.8. The number of benzene rings is 1. The molecule has 0 radical (unpaired) electrons. The Morgan fingerprint density at radius 1 is 0.971 bits per heavy atom. The van der Waals surface area contributed by atoms with Crippen molar-refractivity contribution >= 4 is 34.3 Å². The Bertz CT molecular complexity index is 1320. The zero-order valence-corrected chi connectivity index (χ0v) is 17.8. The highest BCUT2D eigenvalue weighted by Gasteiger charge is 2.30. The predicted molar refractivity (Wildman–Crippen MR) is 121 cm³/mol. The van der Waals surface area contributed by atoms with Crippen LogP contribution in [0.2, 0.25) is 0 Å². The highest BCUT2D eigenvalue weighted by Crippen LogP contribution is 2.34. The highest BCUT2D eigenvalue weighted by atomic mass is 19.4. The third-order valence-electron chi connectivity index (χ3n) is 5.31. The maximum atomic E-state index is 13.3. The zero-order valence-electron chi connectivity index (χ0n) is 17.8. The molecule has 5 rings (SSSR count). The first-order chi connectivity index (χ1) is 16.4. The molecule has 4 aromatic rings. The van der Waals surface area contributed by atoms with Crippen LogP contribution < -0.4 is 16.0 Å². The number of nitrogens with zero attached hydrogens (tertiary/aromatic N) is 6. The van der Waals surface area contributed by atoms with Gasteiger partial charge in [-0.15, -0.1) is 0 Å². The number of nitrogen functional groups attached to an aromatic ring is 1. The quantitative estimate of drug-likeness (QED) is 0.463. The average Bonchev–Trinajstić information content (AvgIpc) is 2.84. The molecule has 0 bridgehead atoms. The smallest absolute Gasteiger partial charge is 0.378 e. The summed E-state index contributed by atoms with van der Waals surface area (Å²) in [4.78, 5) is 23.5. The summed E-state index contributed by atoms with van der Waals surface area (Å²) in [5.41, 5.74) is 6.86. The molecule has 0 aliphatic carbocycles.